The van der Waals surface area contributed by atoms with Gasteiger partial charge >= 0.3 is 0 Å². The Balaban J connectivity index is 2.98. The van der Waals surface area contributed by atoms with E-state index in [2.05, 4.69) is 0 Å². The van der Waals surface area contributed by atoms with Crippen LogP contribution in [0.15, 0.2) is 24.3 Å². The maximum Gasteiger partial charge on any atom is 0.142 e. The van der Waals surface area contributed by atoms with E-state index in [1.807, 2.05) is 0 Å². The maximum atomic E-state index is 13.1. The number of rotatable bonds is 3. The van der Waals surface area contributed by atoms with Gasteiger partial charge in [-0.25, -0.2) is 4.39 Å². The molecule has 1 aromatic carbocycles. The van der Waals surface area contributed by atoms with Gasteiger partial charge in [0.15, 0.2) is 0 Å². The number of hydrogen-bond donors (Lipinski definition) is 1. The fraction of sp³-hybridized carbons (Fsp3) is 0.100. The minimum Gasteiger partial charge on any atom is -0.392 e. The number of aliphatic hydroxyl groups is 1. The molecule has 0 spiro atoms. The number of aliphatic hydroxyl groups excluding tert-OH is 1. The molecule has 0 saturated carbocycles. The van der Waals surface area contributed by atoms with E-state index < -0.39 is 5.82 Å². The van der Waals surface area contributed by atoms with Gasteiger partial charge in [-0.2, -0.15) is 0 Å². The number of carbonyl (C=O) groups excluding carboxylic acids is 1. The van der Waals surface area contributed by atoms with Gasteiger partial charge in [0.05, 0.1) is 6.61 Å². The number of halogens is 1. The van der Waals surface area contributed by atoms with E-state index in [0.717, 1.165) is 0 Å². The second-order valence-electron chi connectivity index (χ2n) is 2.51. The van der Waals surface area contributed by atoms with Gasteiger partial charge in [0.2, 0.25) is 0 Å². The fourth-order valence-corrected chi connectivity index (χ4v) is 0.947. The van der Waals surface area contributed by atoms with E-state index in [1.54, 1.807) is 6.07 Å². The monoisotopic (exact) mass is 180 g/mol. The second kappa shape index (κ2) is 4.52. The largest absolute Gasteiger partial charge is 0.392 e. The summed E-state index contributed by atoms with van der Waals surface area (Å²) >= 11 is 0. The van der Waals surface area contributed by atoms with Crippen molar-refractivity contribution in [3.8, 4) is 0 Å². The van der Waals surface area contributed by atoms with Crippen molar-refractivity contribution in [2.24, 2.45) is 0 Å². The van der Waals surface area contributed by atoms with Crippen LogP contribution in [0, 0.1) is 5.82 Å². The molecule has 0 heterocycles. The second-order valence-corrected chi connectivity index (χ2v) is 2.51. The van der Waals surface area contributed by atoms with Gasteiger partial charge in [-0.1, -0.05) is 12.1 Å². The maximum absolute atomic E-state index is 13.1. The molecule has 0 amide bonds. The molecule has 68 valence electrons. The highest BCUT2D eigenvalue weighted by Crippen LogP contribution is 2.11. The molecule has 2 nitrogen and oxygen atoms in total. The van der Waals surface area contributed by atoms with Crippen molar-refractivity contribution in [2.45, 2.75) is 6.61 Å². The molecule has 0 unspecified atom stereocenters. The third kappa shape index (κ3) is 2.49. The Morgan fingerprint density at radius 2 is 2.23 bits per heavy atom. The van der Waals surface area contributed by atoms with Crippen LogP contribution in [0.5, 0.6) is 0 Å². The number of carbonyl (C=O) groups is 1. The standard InChI is InChI=1S/C10H9FO2/c11-10-6-8(7-13)3-4-9(10)2-1-5-12/h1-6,13H,7H2. The molecule has 1 N–H and O–H groups in total. The van der Waals surface area contributed by atoms with E-state index in [4.69, 9.17) is 5.11 Å². The molecule has 0 aliphatic rings. The van der Waals surface area contributed by atoms with Crippen molar-refractivity contribution in [1.82, 2.24) is 0 Å². The first-order valence-electron chi connectivity index (χ1n) is 3.79. The highest BCUT2D eigenvalue weighted by Gasteiger charge is 1.99. The summed E-state index contributed by atoms with van der Waals surface area (Å²) in [6.07, 6.45) is 3.18. The van der Waals surface area contributed by atoms with Crippen LogP contribution >= 0.6 is 0 Å². The Hall–Kier alpha value is -1.48. The molecule has 0 aliphatic carbocycles. The van der Waals surface area contributed by atoms with Crippen LogP contribution in [0.2, 0.25) is 0 Å². The summed E-state index contributed by atoms with van der Waals surface area (Å²) in [4.78, 5) is 9.96. The molecule has 1 aromatic rings. The zero-order valence-electron chi connectivity index (χ0n) is 6.90. The summed E-state index contributed by atoms with van der Waals surface area (Å²) in [5, 5.41) is 8.69. The first-order valence-corrected chi connectivity index (χ1v) is 3.79. The summed E-state index contributed by atoms with van der Waals surface area (Å²) < 4.78 is 13.1. The summed E-state index contributed by atoms with van der Waals surface area (Å²) in [6, 6.07) is 4.36. The lowest BCUT2D eigenvalue weighted by Gasteiger charge is -1.99. The normalized spacial score (nSPS) is 10.6. The molecular weight excluding hydrogens is 171 g/mol. The predicted octanol–water partition coefficient (Wildman–Crippen LogP) is 1.53. The minimum atomic E-state index is -0.440. The first-order chi connectivity index (χ1) is 6.27. The van der Waals surface area contributed by atoms with Crippen LogP contribution in [0.25, 0.3) is 6.08 Å². The van der Waals surface area contributed by atoms with Gasteiger partial charge in [0.1, 0.15) is 12.1 Å². The Labute approximate surface area is 75.3 Å². The average molecular weight is 180 g/mol. The Kier molecular flexibility index (Phi) is 3.34. The lowest BCUT2D eigenvalue weighted by atomic mass is 10.1. The molecule has 0 aromatic heterocycles. The van der Waals surface area contributed by atoms with Crippen LogP contribution in [0.1, 0.15) is 11.1 Å². The first kappa shape index (κ1) is 9.61. The van der Waals surface area contributed by atoms with Crippen LogP contribution in [-0.4, -0.2) is 11.4 Å². The molecule has 13 heavy (non-hydrogen) atoms. The molecule has 0 bridgehead atoms. The molecule has 0 atom stereocenters. The number of hydrogen-bond acceptors (Lipinski definition) is 2. The zero-order valence-corrected chi connectivity index (χ0v) is 6.90. The molecule has 0 saturated heterocycles. The molecule has 0 radical (unpaired) electrons. The fourth-order valence-electron chi connectivity index (χ4n) is 0.947. The van der Waals surface area contributed by atoms with Crippen LogP contribution in [0.4, 0.5) is 4.39 Å². The van der Waals surface area contributed by atoms with Crippen LogP contribution in [-0.2, 0) is 11.4 Å². The van der Waals surface area contributed by atoms with Crippen molar-refractivity contribution in [1.29, 1.82) is 0 Å². The van der Waals surface area contributed by atoms with Crippen molar-refractivity contribution in [3.63, 3.8) is 0 Å². The number of benzene rings is 1. The van der Waals surface area contributed by atoms with Gasteiger partial charge in [-0.05, 0) is 23.8 Å². The summed E-state index contributed by atoms with van der Waals surface area (Å²) in [6.45, 7) is -0.186. The topological polar surface area (TPSA) is 37.3 Å². The third-order valence-corrected chi connectivity index (χ3v) is 1.60. The molecule has 3 heteroatoms. The zero-order chi connectivity index (χ0) is 9.68. The highest BCUT2D eigenvalue weighted by atomic mass is 19.1. The number of aldehydes is 1. The third-order valence-electron chi connectivity index (χ3n) is 1.60. The van der Waals surface area contributed by atoms with Crippen LogP contribution in [0.3, 0.4) is 0 Å². The van der Waals surface area contributed by atoms with Crippen molar-refractivity contribution in [3.05, 3.63) is 41.2 Å². The van der Waals surface area contributed by atoms with Crippen LogP contribution < -0.4 is 0 Å². The van der Waals surface area contributed by atoms with E-state index in [1.165, 1.54) is 24.3 Å². The summed E-state index contributed by atoms with van der Waals surface area (Å²) in [5.41, 5.74) is 0.852. The Bertz CT molecular complexity index is 332. The average Bonchev–Trinajstić information content (AvgIpc) is 2.16. The Morgan fingerprint density at radius 3 is 2.77 bits per heavy atom. The summed E-state index contributed by atoms with van der Waals surface area (Å²) in [5.74, 6) is -0.440. The van der Waals surface area contributed by atoms with Gasteiger partial charge < -0.3 is 5.11 Å². The number of allylic oxidation sites excluding steroid dienone is 1. The van der Waals surface area contributed by atoms with E-state index in [-0.39, 0.29) is 6.61 Å². The van der Waals surface area contributed by atoms with E-state index >= 15 is 0 Å². The van der Waals surface area contributed by atoms with E-state index in [0.29, 0.717) is 17.4 Å². The van der Waals surface area contributed by atoms with Crippen molar-refractivity contribution < 1.29 is 14.3 Å². The quantitative estimate of drug-likeness (QED) is 0.565. The lowest BCUT2D eigenvalue weighted by Crippen LogP contribution is -1.87. The highest BCUT2D eigenvalue weighted by molar-refractivity contribution is 5.73. The molecular formula is C10H9FO2. The van der Waals surface area contributed by atoms with Gasteiger partial charge in [-0.3, -0.25) is 4.79 Å². The predicted molar refractivity (Wildman–Crippen MR) is 47.4 cm³/mol. The summed E-state index contributed by atoms with van der Waals surface area (Å²) in [7, 11) is 0. The van der Waals surface area contributed by atoms with Gasteiger partial charge in [0.25, 0.3) is 0 Å². The van der Waals surface area contributed by atoms with Crippen molar-refractivity contribution >= 4 is 12.4 Å². The van der Waals surface area contributed by atoms with Gasteiger partial charge in [-0.15, -0.1) is 0 Å². The lowest BCUT2D eigenvalue weighted by molar-refractivity contribution is -0.104. The molecule has 0 fully saturated rings. The van der Waals surface area contributed by atoms with E-state index in [9.17, 15) is 9.18 Å². The Morgan fingerprint density at radius 1 is 1.46 bits per heavy atom. The van der Waals surface area contributed by atoms with Crippen molar-refractivity contribution in [2.75, 3.05) is 0 Å². The minimum absolute atomic E-state index is 0.186. The molecule has 1 rings (SSSR count). The molecule has 0 aliphatic heterocycles. The smallest absolute Gasteiger partial charge is 0.142 e. The SMILES string of the molecule is O=CC=Cc1ccc(CO)cc1F. The van der Waals surface area contributed by atoms with Gasteiger partial charge in [0, 0.05) is 5.56 Å².